The predicted molar refractivity (Wildman–Crippen MR) is 59.7 cm³/mol. The molecule has 2 aliphatic rings. The Balaban J connectivity index is 1.55. The van der Waals surface area contributed by atoms with Gasteiger partial charge < -0.3 is 10.2 Å². The summed E-state index contributed by atoms with van der Waals surface area (Å²) in [6.07, 6.45) is 2.20. The van der Waals surface area contributed by atoms with Crippen LogP contribution in [-0.4, -0.2) is 62.0 Å². The zero-order chi connectivity index (χ0) is 10.7. The average Bonchev–Trinajstić information content (AvgIpc) is 3.04. The first-order valence-corrected chi connectivity index (χ1v) is 5.94. The van der Waals surface area contributed by atoms with Crippen molar-refractivity contribution in [3.8, 4) is 0 Å². The molecule has 0 atom stereocenters. The molecule has 0 aromatic carbocycles. The van der Waals surface area contributed by atoms with E-state index in [1.54, 1.807) is 0 Å². The third kappa shape index (κ3) is 3.47. The molecule has 1 saturated heterocycles. The molecular weight excluding hydrogens is 190 g/mol. The van der Waals surface area contributed by atoms with Crippen LogP contribution in [0.2, 0.25) is 0 Å². The van der Waals surface area contributed by atoms with E-state index in [0.29, 0.717) is 5.92 Å². The number of nitrogens with zero attached hydrogens (tertiary/aromatic N) is 2. The van der Waals surface area contributed by atoms with E-state index in [4.69, 9.17) is 0 Å². The van der Waals surface area contributed by atoms with Crippen molar-refractivity contribution in [3.05, 3.63) is 0 Å². The van der Waals surface area contributed by atoms with Gasteiger partial charge in [-0.15, -0.1) is 0 Å². The molecule has 2 fully saturated rings. The third-order valence-corrected chi connectivity index (χ3v) is 3.27. The summed E-state index contributed by atoms with van der Waals surface area (Å²) in [6, 6.07) is 0. The molecule has 4 heteroatoms. The molecule has 1 amide bonds. The Morgan fingerprint density at radius 2 is 1.93 bits per heavy atom. The fourth-order valence-electron chi connectivity index (χ4n) is 1.90. The molecule has 0 radical (unpaired) electrons. The maximum absolute atomic E-state index is 11.4. The highest BCUT2D eigenvalue weighted by molar-refractivity contribution is 5.80. The largest absolute Gasteiger partial charge is 0.355 e. The summed E-state index contributed by atoms with van der Waals surface area (Å²) in [5, 5.41) is 3.01. The maximum atomic E-state index is 11.4. The van der Waals surface area contributed by atoms with Crippen LogP contribution < -0.4 is 5.32 Å². The van der Waals surface area contributed by atoms with Crippen molar-refractivity contribution in [1.29, 1.82) is 0 Å². The first-order valence-electron chi connectivity index (χ1n) is 5.94. The lowest BCUT2D eigenvalue weighted by Gasteiger charge is -2.32. The Hall–Kier alpha value is -0.610. The van der Waals surface area contributed by atoms with E-state index in [-0.39, 0.29) is 5.91 Å². The molecule has 0 aromatic rings. The minimum Gasteiger partial charge on any atom is -0.355 e. The topological polar surface area (TPSA) is 35.6 Å². The monoisotopic (exact) mass is 211 g/mol. The number of likely N-dealkylation sites (N-methyl/N-ethyl adjacent to an activating group) is 1. The summed E-state index contributed by atoms with van der Waals surface area (Å²) < 4.78 is 0. The van der Waals surface area contributed by atoms with Gasteiger partial charge in [0.1, 0.15) is 0 Å². The highest BCUT2D eigenvalue weighted by Gasteiger charge is 2.29. The van der Waals surface area contributed by atoms with Crippen molar-refractivity contribution in [2.45, 2.75) is 12.8 Å². The van der Waals surface area contributed by atoms with Gasteiger partial charge in [0, 0.05) is 45.2 Å². The molecule has 0 aromatic heterocycles. The van der Waals surface area contributed by atoms with Crippen molar-refractivity contribution in [2.24, 2.45) is 5.92 Å². The Bertz CT molecular complexity index is 220. The smallest absolute Gasteiger partial charge is 0.223 e. The highest BCUT2D eigenvalue weighted by atomic mass is 16.2. The SMILES string of the molecule is CN1CCN(CCNC(=O)C2CC2)CC1. The van der Waals surface area contributed by atoms with Crippen molar-refractivity contribution in [1.82, 2.24) is 15.1 Å². The number of hydrogen-bond acceptors (Lipinski definition) is 3. The number of carbonyl (C=O) groups is 1. The second kappa shape index (κ2) is 4.94. The van der Waals surface area contributed by atoms with Gasteiger partial charge in [-0.25, -0.2) is 0 Å². The lowest BCUT2D eigenvalue weighted by Crippen LogP contribution is -2.47. The van der Waals surface area contributed by atoms with Gasteiger partial charge in [0.15, 0.2) is 0 Å². The van der Waals surface area contributed by atoms with Crippen LogP contribution in [0.4, 0.5) is 0 Å². The molecule has 86 valence electrons. The van der Waals surface area contributed by atoms with Crippen LogP contribution in [0, 0.1) is 5.92 Å². The number of carbonyl (C=O) groups excluding carboxylic acids is 1. The van der Waals surface area contributed by atoms with Gasteiger partial charge in [-0.1, -0.05) is 0 Å². The quantitative estimate of drug-likeness (QED) is 0.697. The molecule has 1 saturated carbocycles. The third-order valence-electron chi connectivity index (χ3n) is 3.27. The van der Waals surface area contributed by atoms with E-state index >= 15 is 0 Å². The van der Waals surface area contributed by atoms with Crippen LogP contribution in [0.1, 0.15) is 12.8 Å². The van der Waals surface area contributed by atoms with Gasteiger partial charge >= 0.3 is 0 Å². The van der Waals surface area contributed by atoms with Crippen LogP contribution in [-0.2, 0) is 4.79 Å². The second-order valence-corrected chi connectivity index (χ2v) is 4.71. The lowest BCUT2D eigenvalue weighted by atomic mass is 10.3. The minimum absolute atomic E-state index is 0.268. The van der Waals surface area contributed by atoms with Crippen LogP contribution in [0.5, 0.6) is 0 Å². The predicted octanol–water partition coefficient (Wildman–Crippen LogP) is -0.240. The van der Waals surface area contributed by atoms with Crippen molar-refractivity contribution < 1.29 is 4.79 Å². The first-order chi connectivity index (χ1) is 7.25. The average molecular weight is 211 g/mol. The maximum Gasteiger partial charge on any atom is 0.223 e. The van der Waals surface area contributed by atoms with Crippen LogP contribution in [0.3, 0.4) is 0 Å². The first kappa shape index (κ1) is 10.9. The van der Waals surface area contributed by atoms with Crippen molar-refractivity contribution >= 4 is 5.91 Å². The fourth-order valence-corrected chi connectivity index (χ4v) is 1.90. The van der Waals surface area contributed by atoms with Crippen LogP contribution in [0.25, 0.3) is 0 Å². The number of rotatable bonds is 4. The molecule has 15 heavy (non-hydrogen) atoms. The molecule has 0 unspecified atom stereocenters. The highest BCUT2D eigenvalue weighted by Crippen LogP contribution is 2.28. The lowest BCUT2D eigenvalue weighted by molar-refractivity contribution is -0.122. The standard InChI is InChI=1S/C11H21N3O/c1-13-6-8-14(9-7-13)5-4-12-11(15)10-2-3-10/h10H,2-9H2,1H3,(H,12,15). The normalized spacial score (nSPS) is 24.1. The minimum atomic E-state index is 0.268. The molecule has 2 rings (SSSR count). The Morgan fingerprint density at radius 3 is 2.53 bits per heavy atom. The molecule has 0 spiro atoms. The van der Waals surface area contributed by atoms with E-state index in [9.17, 15) is 4.79 Å². The van der Waals surface area contributed by atoms with E-state index in [1.165, 1.54) is 0 Å². The summed E-state index contributed by atoms with van der Waals surface area (Å²) in [6.45, 7) is 6.39. The molecule has 0 bridgehead atoms. The number of amides is 1. The summed E-state index contributed by atoms with van der Waals surface area (Å²) in [4.78, 5) is 16.1. The molecule has 4 nitrogen and oxygen atoms in total. The summed E-state index contributed by atoms with van der Waals surface area (Å²) in [5.41, 5.74) is 0. The van der Waals surface area contributed by atoms with Crippen LogP contribution in [0.15, 0.2) is 0 Å². The van der Waals surface area contributed by atoms with Crippen molar-refractivity contribution in [3.63, 3.8) is 0 Å². The van der Waals surface area contributed by atoms with Gasteiger partial charge in [0.05, 0.1) is 0 Å². The number of hydrogen-bond donors (Lipinski definition) is 1. The fraction of sp³-hybridized carbons (Fsp3) is 0.909. The summed E-state index contributed by atoms with van der Waals surface area (Å²) >= 11 is 0. The van der Waals surface area contributed by atoms with Crippen LogP contribution >= 0.6 is 0 Å². The summed E-state index contributed by atoms with van der Waals surface area (Å²) in [5.74, 6) is 0.613. The van der Waals surface area contributed by atoms with E-state index in [0.717, 1.165) is 52.1 Å². The molecule has 1 aliphatic heterocycles. The van der Waals surface area contributed by atoms with Crippen molar-refractivity contribution in [2.75, 3.05) is 46.3 Å². The van der Waals surface area contributed by atoms with E-state index in [1.807, 2.05) is 0 Å². The van der Waals surface area contributed by atoms with E-state index in [2.05, 4.69) is 22.2 Å². The van der Waals surface area contributed by atoms with Gasteiger partial charge in [-0.2, -0.15) is 0 Å². The Kier molecular flexibility index (Phi) is 3.59. The summed E-state index contributed by atoms with van der Waals surface area (Å²) in [7, 11) is 2.16. The molecule has 1 aliphatic carbocycles. The van der Waals surface area contributed by atoms with Gasteiger partial charge in [-0.3, -0.25) is 9.69 Å². The Morgan fingerprint density at radius 1 is 1.27 bits per heavy atom. The Labute approximate surface area is 91.6 Å². The zero-order valence-corrected chi connectivity index (χ0v) is 9.54. The zero-order valence-electron chi connectivity index (χ0n) is 9.54. The van der Waals surface area contributed by atoms with Gasteiger partial charge in [0.25, 0.3) is 0 Å². The number of nitrogens with one attached hydrogen (secondary N) is 1. The number of piperazine rings is 1. The second-order valence-electron chi connectivity index (χ2n) is 4.71. The molecule has 1 heterocycles. The van der Waals surface area contributed by atoms with Gasteiger partial charge in [-0.05, 0) is 19.9 Å². The van der Waals surface area contributed by atoms with E-state index < -0.39 is 0 Å². The van der Waals surface area contributed by atoms with Gasteiger partial charge in [0.2, 0.25) is 5.91 Å². The molecule has 1 N–H and O–H groups in total. The molecular formula is C11H21N3O.